The van der Waals surface area contributed by atoms with Crippen LogP contribution in [0, 0.1) is 0 Å². The van der Waals surface area contributed by atoms with Crippen molar-refractivity contribution in [1.29, 1.82) is 0 Å². The fourth-order valence-corrected chi connectivity index (χ4v) is 4.50. The molecule has 1 aliphatic rings. The van der Waals surface area contributed by atoms with Crippen LogP contribution in [0.3, 0.4) is 0 Å². The SMILES string of the molecule is O=C(CSCc1nc2ccccc2s1)Nc1ccc2c(c1)OCCCO2. The molecule has 2 aromatic carbocycles. The van der Waals surface area contributed by atoms with Gasteiger partial charge >= 0.3 is 0 Å². The molecule has 0 saturated heterocycles. The maximum atomic E-state index is 12.2. The second kappa shape index (κ2) is 7.97. The van der Waals surface area contributed by atoms with Crippen LogP contribution < -0.4 is 14.8 Å². The number of para-hydroxylation sites is 1. The fourth-order valence-electron chi connectivity index (χ4n) is 2.65. The number of aromatic nitrogens is 1. The van der Waals surface area contributed by atoms with Gasteiger partial charge in [-0.15, -0.1) is 23.1 Å². The number of hydrogen-bond acceptors (Lipinski definition) is 6. The molecule has 0 spiro atoms. The van der Waals surface area contributed by atoms with Gasteiger partial charge < -0.3 is 14.8 Å². The molecule has 5 nitrogen and oxygen atoms in total. The lowest BCUT2D eigenvalue weighted by Crippen LogP contribution is -2.14. The molecule has 0 atom stereocenters. The van der Waals surface area contributed by atoms with Crippen LogP contribution >= 0.6 is 23.1 Å². The summed E-state index contributed by atoms with van der Waals surface area (Å²) in [4.78, 5) is 16.8. The van der Waals surface area contributed by atoms with Gasteiger partial charge in [0.15, 0.2) is 11.5 Å². The van der Waals surface area contributed by atoms with Gasteiger partial charge in [0.05, 0.1) is 29.2 Å². The zero-order chi connectivity index (χ0) is 17.8. The Morgan fingerprint density at radius 2 is 2.00 bits per heavy atom. The number of benzene rings is 2. The van der Waals surface area contributed by atoms with E-state index in [9.17, 15) is 4.79 Å². The summed E-state index contributed by atoms with van der Waals surface area (Å²) in [5, 5.41) is 3.95. The number of carbonyl (C=O) groups is 1. The predicted octanol–water partition coefficient (Wildman–Crippen LogP) is 4.33. The lowest BCUT2D eigenvalue weighted by Gasteiger charge is -2.10. The molecule has 0 saturated carbocycles. The molecule has 0 bridgehead atoms. The van der Waals surface area contributed by atoms with Crippen LogP contribution in [0.2, 0.25) is 0 Å². The molecule has 0 radical (unpaired) electrons. The average Bonchev–Trinajstić information content (AvgIpc) is 2.91. The zero-order valence-electron chi connectivity index (χ0n) is 14.1. The number of carbonyl (C=O) groups excluding carboxylic acids is 1. The summed E-state index contributed by atoms with van der Waals surface area (Å²) in [6, 6.07) is 13.6. The number of nitrogens with one attached hydrogen (secondary N) is 1. The van der Waals surface area contributed by atoms with Gasteiger partial charge in [-0.3, -0.25) is 4.79 Å². The number of ether oxygens (including phenoxy) is 2. The van der Waals surface area contributed by atoms with Gasteiger partial charge in [0.25, 0.3) is 0 Å². The molecule has 1 amide bonds. The quantitative estimate of drug-likeness (QED) is 0.707. The topological polar surface area (TPSA) is 60.5 Å². The summed E-state index contributed by atoms with van der Waals surface area (Å²) < 4.78 is 12.4. The van der Waals surface area contributed by atoms with E-state index >= 15 is 0 Å². The van der Waals surface area contributed by atoms with E-state index in [1.165, 1.54) is 4.70 Å². The minimum atomic E-state index is -0.0365. The predicted molar refractivity (Wildman–Crippen MR) is 106 cm³/mol. The van der Waals surface area contributed by atoms with E-state index in [-0.39, 0.29) is 5.91 Å². The lowest BCUT2D eigenvalue weighted by atomic mass is 10.2. The van der Waals surface area contributed by atoms with Crippen molar-refractivity contribution in [2.45, 2.75) is 12.2 Å². The van der Waals surface area contributed by atoms with E-state index in [4.69, 9.17) is 9.47 Å². The van der Waals surface area contributed by atoms with Crippen LogP contribution in [0.25, 0.3) is 10.2 Å². The van der Waals surface area contributed by atoms with Gasteiger partial charge in [0.2, 0.25) is 5.91 Å². The van der Waals surface area contributed by atoms with Crippen LogP contribution in [0.5, 0.6) is 11.5 Å². The third-order valence-electron chi connectivity index (χ3n) is 3.83. The van der Waals surface area contributed by atoms with Crippen LogP contribution in [-0.2, 0) is 10.5 Å². The molecule has 2 heterocycles. The summed E-state index contributed by atoms with van der Waals surface area (Å²) >= 11 is 3.24. The Hall–Kier alpha value is -2.25. The molecule has 4 rings (SSSR count). The molecule has 3 aromatic rings. The van der Waals surface area contributed by atoms with Crippen molar-refractivity contribution >= 4 is 44.9 Å². The van der Waals surface area contributed by atoms with E-state index in [1.54, 1.807) is 23.1 Å². The summed E-state index contributed by atoms with van der Waals surface area (Å²) in [6.45, 7) is 1.28. The van der Waals surface area contributed by atoms with Gasteiger partial charge in [-0.1, -0.05) is 12.1 Å². The van der Waals surface area contributed by atoms with E-state index in [0.717, 1.165) is 34.1 Å². The van der Waals surface area contributed by atoms with E-state index in [2.05, 4.69) is 16.4 Å². The van der Waals surface area contributed by atoms with Crippen molar-refractivity contribution in [3.63, 3.8) is 0 Å². The average molecular weight is 386 g/mol. The van der Waals surface area contributed by atoms with Crippen molar-refractivity contribution in [2.75, 3.05) is 24.3 Å². The Morgan fingerprint density at radius 3 is 2.88 bits per heavy atom. The van der Waals surface area contributed by atoms with Gasteiger partial charge in [0, 0.05) is 23.9 Å². The fraction of sp³-hybridized carbons (Fsp3) is 0.263. The van der Waals surface area contributed by atoms with Crippen molar-refractivity contribution in [2.24, 2.45) is 0 Å². The molecular formula is C19H18N2O3S2. The number of hydrogen-bond donors (Lipinski definition) is 1. The minimum absolute atomic E-state index is 0.0365. The van der Waals surface area contributed by atoms with Crippen molar-refractivity contribution in [1.82, 2.24) is 4.98 Å². The number of rotatable bonds is 5. The Balaban J connectivity index is 1.30. The molecule has 26 heavy (non-hydrogen) atoms. The van der Waals surface area contributed by atoms with Crippen LogP contribution in [0.4, 0.5) is 5.69 Å². The molecular weight excluding hydrogens is 368 g/mol. The van der Waals surface area contributed by atoms with Gasteiger partial charge in [-0.25, -0.2) is 4.98 Å². The zero-order valence-corrected chi connectivity index (χ0v) is 15.7. The van der Waals surface area contributed by atoms with E-state index in [0.29, 0.717) is 24.7 Å². The first-order valence-electron chi connectivity index (χ1n) is 8.40. The highest BCUT2D eigenvalue weighted by molar-refractivity contribution is 7.99. The van der Waals surface area contributed by atoms with Crippen molar-refractivity contribution in [3.05, 3.63) is 47.5 Å². The number of fused-ring (bicyclic) bond motifs is 2. The largest absolute Gasteiger partial charge is 0.490 e. The van der Waals surface area contributed by atoms with Crippen LogP contribution in [0.1, 0.15) is 11.4 Å². The summed E-state index contributed by atoms with van der Waals surface area (Å²) in [7, 11) is 0. The third-order valence-corrected chi connectivity index (χ3v) is 5.99. The van der Waals surface area contributed by atoms with Crippen LogP contribution in [-0.4, -0.2) is 29.9 Å². The van der Waals surface area contributed by atoms with E-state index in [1.807, 2.05) is 36.4 Å². The van der Waals surface area contributed by atoms with Crippen molar-refractivity contribution in [3.8, 4) is 11.5 Å². The second-order valence-corrected chi connectivity index (χ2v) is 7.93. The summed E-state index contributed by atoms with van der Waals surface area (Å²) in [5.74, 6) is 2.48. The molecule has 7 heteroatoms. The maximum Gasteiger partial charge on any atom is 0.234 e. The Kier molecular flexibility index (Phi) is 5.26. The molecule has 1 aliphatic heterocycles. The van der Waals surface area contributed by atoms with Crippen molar-refractivity contribution < 1.29 is 14.3 Å². The number of nitrogens with zero attached hydrogens (tertiary/aromatic N) is 1. The van der Waals surface area contributed by atoms with Gasteiger partial charge in [-0.05, 0) is 24.3 Å². The first-order chi connectivity index (χ1) is 12.8. The minimum Gasteiger partial charge on any atom is -0.490 e. The Bertz CT molecular complexity index is 893. The summed E-state index contributed by atoms with van der Waals surface area (Å²) in [6.07, 6.45) is 0.860. The highest BCUT2D eigenvalue weighted by atomic mass is 32.2. The van der Waals surface area contributed by atoms with Crippen LogP contribution in [0.15, 0.2) is 42.5 Å². The first-order valence-corrected chi connectivity index (χ1v) is 10.4. The maximum absolute atomic E-state index is 12.2. The second-order valence-electron chi connectivity index (χ2n) is 5.83. The molecule has 0 unspecified atom stereocenters. The van der Waals surface area contributed by atoms with Gasteiger partial charge in [-0.2, -0.15) is 0 Å². The number of amides is 1. The molecule has 1 N–H and O–H groups in total. The summed E-state index contributed by atoms with van der Waals surface area (Å²) in [5.41, 5.74) is 1.74. The third kappa shape index (κ3) is 4.11. The molecule has 1 aromatic heterocycles. The molecule has 0 fully saturated rings. The highest BCUT2D eigenvalue weighted by Gasteiger charge is 2.12. The number of anilines is 1. The highest BCUT2D eigenvalue weighted by Crippen LogP contribution is 2.32. The monoisotopic (exact) mass is 386 g/mol. The lowest BCUT2D eigenvalue weighted by molar-refractivity contribution is -0.113. The standard InChI is InChI=1S/C19H18N2O3S2/c22-18(11-25-12-19-21-14-4-1-2-5-17(14)26-19)20-13-6-7-15-16(10-13)24-9-3-8-23-15/h1-2,4-7,10H,3,8-9,11-12H2,(H,20,22). The smallest absolute Gasteiger partial charge is 0.234 e. The number of thiazole rings is 1. The number of thioether (sulfide) groups is 1. The Labute approximate surface area is 159 Å². The van der Waals surface area contributed by atoms with E-state index < -0.39 is 0 Å². The normalized spacial score (nSPS) is 13.4. The molecule has 0 aliphatic carbocycles. The first kappa shape index (κ1) is 17.2. The molecule has 134 valence electrons. The Morgan fingerprint density at radius 1 is 1.15 bits per heavy atom. The van der Waals surface area contributed by atoms with Gasteiger partial charge in [0.1, 0.15) is 5.01 Å².